The minimum atomic E-state index is -0.646. The predicted octanol–water partition coefficient (Wildman–Crippen LogP) is 1.83. The molecule has 0 spiro atoms. The summed E-state index contributed by atoms with van der Waals surface area (Å²) in [5.41, 5.74) is 0.886. The van der Waals surface area contributed by atoms with Crippen LogP contribution in [0.4, 0.5) is 4.79 Å². The van der Waals surface area contributed by atoms with Crippen LogP contribution in [0.5, 0.6) is 0 Å². The molecule has 1 aromatic rings. The van der Waals surface area contributed by atoms with Crippen molar-refractivity contribution in [1.82, 2.24) is 10.6 Å². The van der Waals surface area contributed by atoms with E-state index in [1.165, 1.54) is 0 Å². The number of rotatable bonds is 9. The van der Waals surface area contributed by atoms with Crippen molar-refractivity contribution in [2.45, 2.75) is 39.3 Å². The molecule has 0 saturated heterocycles. The maximum absolute atomic E-state index is 12.1. The second-order valence-electron chi connectivity index (χ2n) is 5.65. The van der Waals surface area contributed by atoms with Crippen LogP contribution in [0.3, 0.4) is 0 Å². The van der Waals surface area contributed by atoms with Crippen molar-refractivity contribution in [1.29, 1.82) is 0 Å². The number of aliphatic hydroxyl groups is 1. The van der Waals surface area contributed by atoms with E-state index in [4.69, 9.17) is 9.84 Å². The Bertz CT molecular complexity index is 477. The van der Waals surface area contributed by atoms with Crippen molar-refractivity contribution < 1.29 is 19.4 Å². The molecule has 23 heavy (non-hydrogen) atoms. The average Bonchev–Trinajstić information content (AvgIpc) is 2.55. The lowest BCUT2D eigenvalue weighted by molar-refractivity contribution is -0.124. The monoisotopic (exact) mass is 322 g/mol. The summed E-state index contributed by atoms with van der Waals surface area (Å²) in [6.45, 7) is 4.46. The fourth-order valence-corrected chi connectivity index (χ4v) is 1.99. The van der Waals surface area contributed by atoms with Gasteiger partial charge in [-0.15, -0.1) is 0 Å². The van der Waals surface area contributed by atoms with E-state index in [1.807, 2.05) is 44.2 Å². The Balaban J connectivity index is 2.41. The number of benzene rings is 1. The molecule has 0 aliphatic rings. The summed E-state index contributed by atoms with van der Waals surface area (Å²) in [7, 11) is 0. The second-order valence-corrected chi connectivity index (χ2v) is 5.65. The van der Waals surface area contributed by atoms with Crippen LogP contribution in [0.2, 0.25) is 0 Å². The number of amides is 2. The van der Waals surface area contributed by atoms with Crippen molar-refractivity contribution in [3.8, 4) is 0 Å². The first-order chi connectivity index (χ1) is 11.0. The summed E-state index contributed by atoms with van der Waals surface area (Å²) >= 11 is 0. The molecule has 1 aromatic carbocycles. The Morgan fingerprint density at radius 3 is 2.48 bits per heavy atom. The molecular weight excluding hydrogens is 296 g/mol. The van der Waals surface area contributed by atoms with Crippen LogP contribution in [0.25, 0.3) is 0 Å². The first-order valence-corrected chi connectivity index (χ1v) is 7.90. The van der Waals surface area contributed by atoms with Gasteiger partial charge in [0.15, 0.2) is 0 Å². The third-order valence-corrected chi connectivity index (χ3v) is 3.32. The van der Waals surface area contributed by atoms with Crippen LogP contribution in [-0.2, 0) is 16.1 Å². The highest BCUT2D eigenvalue weighted by Gasteiger charge is 2.24. The Labute approximate surface area is 137 Å². The van der Waals surface area contributed by atoms with E-state index >= 15 is 0 Å². The van der Waals surface area contributed by atoms with Gasteiger partial charge < -0.3 is 20.5 Å². The molecule has 3 N–H and O–H groups in total. The summed E-state index contributed by atoms with van der Waals surface area (Å²) in [6.07, 6.45) is 0.725. The van der Waals surface area contributed by atoms with E-state index in [-0.39, 0.29) is 25.0 Å². The van der Waals surface area contributed by atoms with E-state index in [9.17, 15) is 9.59 Å². The molecule has 128 valence electrons. The fraction of sp³-hybridized carbons (Fsp3) is 0.529. The van der Waals surface area contributed by atoms with Crippen LogP contribution in [0.15, 0.2) is 30.3 Å². The quantitative estimate of drug-likeness (QED) is 0.605. The number of carbonyl (C=O) groups is 2. The summed E-state index contributed by atoms with van der Waals surface area (Å²) in [5.74, 6) is -0.299. The van der Waals surface area contributed by atoms with Crippen LogP contribution in [-0.4, -0.2) is 36.3 Å². The van der Waals surface area contributed by atoms with E-state index < -0.39 is 12.1 Å². The molecule has 0 radical (unpaired) electrons. The molecule has 0 aliphatic heterocycles. The van der Waals surface area contributed by atoms with Crippen LogP contribution >= 0.6 is 0 Å². The molecule has 0 saturated carbocycles. The van der Waals surface area contributed by atoms with Crippen molar-refractivity contribution in [2.75, 3.05) is 13.2 Å². The summed E-state index contributed by atoms with van der Waals surface area (Å²) < 4.78 is 5.14. The Hall–Kier alpha value is -2.08. The topological polar surface area (TPSA) is 87.7 Å². The van der Waals surface area contributed by atoms with Gasteiger partial charge in [-0.1, -0.05) is 44.2 Å². The molecule has 2 amide bonds. The molecule has 0 fully saturated rings. The van der Waals surface area contributed by atoms with Gasteiger partial charge in [0.05, 0.1) is 0 Å². The van der Waals surface area contributed by atoms with Gasteiger partial charge in [0.1, 0.15) is 12.6 Å². The van der Waals surface area contributed by atoms with Gasteiger partial charge in [-0.05, 0) is 24.3 Å². The molecule has 0 aliphatic carbocycles. The highest BCUT2D eigenvalue weighted by atomic mass is 16.5. The summed E-state index contributed by atoms with van der Waals surface area (Å²) in [6, 6.07) is 8.70. The molecule has 0 unspecified atom stereocenters. The van der Waals surface area contributed by atoms with Gasteiger partial charge in [0, 0.05) is 13.2 Å². The highest BCUT2D eigenvalue weighted by Crippen LogP contribution is 2.04. The number of aliphatic hydroxyl groups excluding tert-OH is 1. The van der Waals surface area contributed by atoms with Gasteiger partial charge in [-0.25, -0.2) is 4.79 Å². The van der Waals surface area contributed by atoms with Gasteiger partial charge in [0.25, 0.3) is 0 Å². The van der Waals surface area contributed by atoms with Gasteiger partial charge in [-0.2, -0.15) is 0 Å². The van der Waals surface area contributed by atoms with Crippen molar-refractivity contribution in [2.24, 2.45) is 5.92 Å². The van der Waals surface area contributed by atoms with E-state index in [1.54, 1.807) is 0 Å². The van der Waals surface area contributed by atoms with Crippen molar-refractivity contribution >= 4 is 12.0 Å². The zero-order valence-corrected chi connectivity index (χ0v) is 13.7. The lowest BCUT2D eigenvalue weighted by Crippen LogP contribution is -2.50. The standard InChI is InChI=1S/C17H26N2O4/c1-13(2)15(16(21)18-10-6-7-11-20)19-17(22)23-12-14-8-4-3-5-9-14/h3-5,8-9,13,15,20H,6-7,10-12H2,1-2H3,(H,18,21)(H,19,22)/t15-/m0/s1. The lowest BCUT2D eigenvalue weighted by atomic mass is 10.0. The minimum Gasteiger partial charge on any atom is -0.445 e. The predicted molar refractivity (Wildman–Crippen MR) is 87.7 cm³/mol. The van der Waals surface area contributed by atoms with Gasteiger partial charge in [0.2, 0.25) is 5.91 Å². The molecule has 0 aromatic heterocycles. The molecular formula is C17H26N2O4. The maximum atomic E-state index is 12.1. The first-order valence-electron chi connectivity index (χ1n) is 7.90. The smallest absolute Gasteiger partial charge is 0.408 e. The largest absolute Gasteiger partial charge is 0.445 e. The Morgan fingerprint density at radius 1 is 1.17 bits per heavy atom. The Morgan fingerprint density at radius 2 is 1.87 bits per heavy atom. The van der Waals surface area contributed by atoms with Crippen LogP contribution < -0.4 is 10.6 Å². The number of hydrogen-bond acceptors (Lipinski definition) is 4. The number of hydrogen-bond donors (Lipinski definition) is 3. The second kappa shape index (κ2) is 10.6. The third kappa shape index (κ3) is 7.65. The van der Waals surface area contributed by atoms with E-state index in [0.29, 0.717) is 19.4 Å². The van der Waals surface area contributed by atoms with E-state index in [2.05, 4.69) is 10.6 Å². The number of nitrogens with one attached hydrogen (secondary N) is 2. The lowest BCUT2D eigenvalue weighted by Gasteiger charge is -2.21. The van der Waals surface area contributed by atoms with E-state index in [0.717, 1.165) is 5.56 Å². The van der Waals surface area contributed by atoms with Gasteiger partial charge >= 0.3 is 6.09 Å². The number of ether oxygens (including phenoxy) is 1. The zero-order chi connectivity index (χ0) is 17.1. The maximum Gasteiger partial charge on any atom is 0.408 e. The average molecular weight is 322 g/mol. The molecule has 0 bridgehead atoms. The normalized spacial score (nSPS) is 11.8. The first kappa shape index (κ1) is 19.0. The molecule has 6 heteroatoms. The molecule has 1 atom stereocenters. The van der Waals surface area contributed by atoms with Crippen molar-refractivity contribution in [3.05, 3.63) is 35.9 Å². The molecule has 0 heterocycles. The number of carbonyl (C=O) groups excluding carboxylic acids is 2. The van der Waals surface area contributed by atoms with Crippen molar-refractivity contribution in [3.63, 3.8) is 0 Å². The number of alkyl carbamates (subject to hydrolysis) is 1. The molecule has 6 nitrogen and oxygen atoms in total. The molecule has 1 rings (SSSR count). The number of unbranched alkanes of at least 4 members (excludes halogenated alkanes) is 1. The highest BCUT2D eigenvalue weighted by molar-refractivity contribution is 5.85. The van der Waals surface area contributed by atoms with Gasteiger partial charge in [-0.3, -0.25) is 4.79 Å². The minimum absolute atomic E-state index is 0.0582. The Kier molecular flexibility index (Phi) is 8.75. The fourth-order valence-electron chi connectivity index (χ4n) is 1.99. The summed E-state index contributed by atoms with van der Waals surface area (Å²) in [4.78, 5) is 24.0. The summed E-state index contributed by atoms with van der Waals surface area (Å²) in [5, 5.41) is 14.1. The SMILES string of the molecule is CC(C)[C@H](NC(=O)OCc1ccccc1)C(=O)NCCCCO. The van der Waals surface area contributed by atoms with Crippen LogP contribution in [0, 0.1) is 5.92 Å². The zero-order valence-electron chi connectivity index (χ0n) is 13.7. The third-order valence-electron chi connectivity index (χ3n) is 3.32. The van der Waals surface area contributed by atoms with Crippen LogP contribution in [0.1, 0.15) is 32.3 Å².